The zero-order chi connectivity index (χ0) is 25.6. The summed E-state index contributed by atoms with van der Waals surface area (Å²) in [5, 5.41) is 6.04. The third kappa shape index (κ3) is 4.51. The predicted octanol–water partition coefficient (Wildman–Crippen LogP) is 3.77. The van der Waals surface area contributed by atoms with Gasteiger partial charge in [0.2, 0.25) is 0 Å². The van der Waals surface area contributed by atoms with E-state index in [0.29, 0.717) is 0 Å². The van der Waals surface area contributed by atoms with E-state index < -0.39 is 0 Å². The molecule has 2 saturated heterocycles. The molecule has 4 aliphatic heterocycles. The average Bonchev–Trinajstić information content (AvgIpc) is 3.63. The van der Waals surface area contributed by atoms with Crippen molar-refractivity contribution in [2.24, 2.45) is 11.1 Å². The van der Waals surface area contributed by atoms with Crippen LogP contribution in [0.25, 0.3) is 5.65 Å². The van der Waals surface area contributed by atoms with Crippen LogP contribution in [0, 0.1) is 12.3 Å². The van der Waals surface area contributed by atoms with Crippen LogP contribution in [-0.4, -0.2) is 62.3 Å². The summed E-state index contributed by atoms with van der Waals surface area (Å²) in [4.78, 5) is 24.1. The molecule has 0 radical (unpaired) electrons. The minimum Gasteiger partial charge on any atom is -0.355 e. The number of thioether (sulfide) groups is 1. The van der Waals surface area contributed by atoms with Crippen molar-refractivity contribution < 1.29 is 4.79 Å². The molecule has 0 aliphatic carbocycles. The van der Waals surface area contributed by atoms with Gasteiger partial charge in [-0.25, -0.2) is 9.50 Å². The van der Waals surface area contributed by atoms with Crippen LogP contribution >= 0.6 is 11.8 Å². The number of likely N-dealkylation sites (tertiary alicyclic amines) is 1. The van der Waals surface area contributed by atoms with Crippen molar-refractivity contribution in [1.29, 1.82) is 0 Å². The molecule has 37 heavy (non-hydrogen) atoms. The number of unbranched alkanes of at least 4 members (excludes halogenated alkanes) is 1. The second-order valence-corrected chi connectivity index (χ2v) is 12.2. The zero-order valence-electron chi connectivity index (χ0n) is 22.0. The quantitative estimate of drug-likeness (QED) is 0.583. The summed E-state index contributed by atoms with van der Waals surface area (Å²) in [7, 11) is 0. The minimum atomic E-state index is -0.0508. The molecule has 196 valence electrons. The maximum absolute atomic E-state index is 14.0. The van der Waals surface area contributed by atoms with Crippen molar-refractivity contribution in [2.75, 3.05) is 24.5 Å². The van der Waals surface area contributed by atoms with Gasteiger partial charge >= 0.3 is 5.04 Å². The molecule has 6 rings (SSSR count). The van der Waals surface area contributed by atoms with Gasteiger partial charge in [0.25, 0.3) is 12.1 Å². The van der Waals surface area contributed by atoms with Crippen LogP contribution < -0.4 is 15.3 Å². The van der Waals surface area contributed by atoms with Gasteiger partial charge in [-0.3, -0.25) is 4.79 Å². The van der Waals surface area contributed by atoms with Crippen molar-refractivity contribution >= 4 is 40.4 Å². The van der Waals surface area contributed by atoms with Crippen LogP contribution in [0.2, 0.25) is 0 Å². The maximum atomic E-state index is 14.0. The van der Waals surface area contributed by atoms with Gasteiger partial charge < -0.3 is 15.5 Å². The standard InChI is InChI=1S/C28H38N7OS/c1-3-4-10-28-11-7-12-30-27(28)37-23(16-28)26(36)34-13-6-5-8-22(34)21-15-24-31-25(19(2)17-35(24)32-21)33-14-9-20(29)18-33/h12,15-17,20,22H,3-11,13-14,18,29H2,1-2H3/q+1/t20-,22-,28?/m0/s1. The van der Waals surface area contributed by atoms with Crippen molar-refractivity contribution in [3.63, 3.8) is 0 Å². The number of piperidine rings is 1. The van der Waals surface area contributed by atoms with E-state index in [4.69, 9.17) is 20.5 Å². The number of fused-ring (bicyclic) bond motifs is 2. The second kappa shape index (κ2) is 9.93. The van der Waals surface area contributed by atoms with Crippen molar-refractivity contribution in [1.82, 2.24) is 24.2 Å². The molecular formula is C28H38N7OS+. The number of amides is 1. The van der Waals surface area contributed by atoms with Gasteiger partial charge in [0, 0.05) is 49.9 Å². The Morgan fingerprint density at radius 3 is 3.00 bits per heavy atom. The monoisotopic (exact) mass is 520 g/mol. The molecule has 9 heteroatoms. The Bertz CT molecular complexity index is 1310. The number of hydrogen-bond acceptors (Lipinski definition) is 6. The molecule has 8 nitrogen and oxygen atoms in total. The topological polar surface area (TPSA) is 93.9 Å². The van der Waals surface area contributed by atoms with Crippen LogP contribution in [-0.2, 0) is 4.79 Å². The fourth-order valence-corrected chi connectivity index (χ4v) is 7.65. The molecule has 2 aromatic rings. The lowest BCUT2D eigenvalue weighted by atomic mass is 9.78. The van der Waals surface area contributed by atoms with Crippen LogP contribution in [0.15, 0.2) is 23.2 Å². The summed E-state index contributed by atoms with van der Waals surface area (Å²) in [5.41, 5.74) is 8.96. The highest BCUT2D eigenvalue weighted by molar-refractivity contribution is 8.18. The van der Waals surface area contributed by atoms with E-state index >= 15 is 0 Å². The summed E-state index contributed by atoms with van der Waals surface area (Å²) in [6, 6.07) is 2.25. The molecule has 1 unspecified atom stereocenters. The SMILES string of the molecule is CCCCC12C=C(C(=O)N3CCCC[C@H]3c3cc4nc(N5CC[C@H](N)C5)c(C)cn4n3)SC1=[N+]=CCC2. The summed E-state index contributed by atoms with van der Waals surface area (Å²) in [6.45, 7) is 6.85. The highest BCUT2D eigenvalue weighted by atomic mass is 32.2. The van der Waals surface area contributed by atoms with E-state index in [0.717, 1.165) is 110 Å². The lowest BCUT2D eigenvalue weighted by molar-refractivity contribution is -0.130. The highest BCUT2D eigenvalue weighted by Gasteiger charge is 2.50. The maximum Gasteiger partial charge on any atom is 0.351 e. The molecule has 0 aromatic carbocycles. The molecule has 4 aliphatic rings. The molecular weight excluding hydrogens is 482 g/mol. The highest BCUT2D eigenvalue weighted by Crippen LogP contribution is 2.48. The number of aryl methyl sites for hydroxylation is 1. The first kappa shape index (κ1) is 24.7. The third-order valence-electron chi connectivity index (χ3n) is 8.41. The van der Waals surface area contributed by atoms with E-state index in [9.17, 15) is 4.79 Å². The molecule has 2 fully saturated rings. The smallest absolute Gasteiger partial charge is 0.351 e. The Hall–Kier alpha value is -2.61. The number of anilines is 1. The second-order valence-electron chi connectivity index (χ2n) is 11.2. The number of carbonyl (C=O) groups excluding carboxylic acids is 1. The summed E-state index contributed by atoms with van der Waals surface area (Å²) >= 11 is 1.60. The van der Waals surface area contributed by atoms with Crippen LogP contribution in [0.3, 0.4) is 0 Å². The van der Waals surface area contributed by atoms with Gasteiger partial charge in [0.1, 0.15) is 5.82 Å². The van der Waals surface area contributed by atoms with Crippen LogP contribution in [0.5, 0.6) is 0 Å². The number of carbonyl (C=O) groups is 1. The Kier molecular flexibility index (Phi) is 6.63. The summed E-state index contributed by atoms with van der Waals surface area (Å²) in [5.74, 6) is 1.13. The first-order chi connectivity index (χ1) is 18.0. The van der Waals surface area contributed by atoms with Gasteiger partial charge in [-0.15, -0.1) is 0 Å². The molecule has 6 heterocycles. The molecule has 0 spiro atoms. The van der Waals surface area contributed by atoms with E-state index in [1.165, 1.54) is 0 Å². The number of allylic oxidation sites excluding steroid dienone is 1. The number of nitrogens with zero attached hydrogens (tertiary/aromatic N) is 6. The Morgan fingerprint density at radius 1 is 1.30 bits per heavy atom. The van der Waals surface area contributed by atoms with Gasteiger partial charge in [-0.2, -0.15) is 5.10 Å². The van der Waals surface area contributed by atoms with Gasteiger partial charge in [-0.1, -0.05) is 24.4 Å². The number of rotatable bonds is 6. The number of hydrogen-bond donors (Lipinski definition) is 1. The fraction of sp³-hybridized carbons (Fsp3) is 0.607. The number of aromatic nitrogens is 3. The third-order valence-corrected chi connectivity index (χ3v) is 9.63. The molecule has 1 amide bonds. The summed E-state index contributed by atoms with van der Waals surface area (Å²) in [6.07, 6.45) is 15.8. The van der Waals surface area contributed by atoms with Crippen LogP contribution in [0.4, 0.5) is 5.82 Å². The number of nitrogens with two attached hydrogens (primary N) is 1. The first-order valence-electron chi connectivity index (χ1n) is 14.0. The summed E-state index contributed by atoms with van der Waals surface area (Å²) < 4.78 is 6.63. The molecule has 2 aromatic heterocycles. The van der Waals surface area contributed by atoms with Gasteiger partial charge in [-0.05, 0) is 63.3 Å². The van der Waals surface area contributed by atoms with E-state index in [-0.39, 0.29) is 23.4 Å². The Balaban J connectivity index is 1.29. The van der Waals surface area contributed by atoms with E-state index in [2.05, 4.69) is 42.0 Å². The molecule has 0 saturated carbocycles. The lowest BCUT2D eigenvalue weighted by Crippen LogP contribution is -2.39. The van der Waals surface area contributed by atoms with Crippen LogP contribution in [0.1, 0.15) is 82.0 Å². The van der Waals surface area contributed by atoms with Gasteiger partial charge in [0.05, 0.1) is 22.1 Å². The van der Waals surface area contributed by atoms with Crippen molar-refractivity contribution in [3.05, 3.63) is 34.5 Å². The minimum absolute atomic E-state index is 0.0314. The van der Waals surface area contributed by atoms with Crippen molar-refractivity contribution in [3.8, 4) is 0 Å². The lowest BCUT2D eigenvalue weighted by Gasteiger charge is -2.34. The molecule has 0 bridgehead atoms. The fourth-order valence-electron chi connectivity index (χ4n) is 6.36. The van der Waals surface area contributed by atoms with Gasteiger partial charge in [0.15, 0.2) is 5.65 Å². The normalized spacial score (nSPS) is 27.5. The van der Waals surface area contributed by atoms with E-state index in [1.807, 2.05) is 10.7 Å². The Morgan fingerprint density at radius 2 is 2.19 bits per heavy atom. The largest absolute Gasteiger partial charge is 0.355 e. The molecule has 2 N–H and O–H groups in total. The van der Waals surface area contributed by atoms with Crippen molar-refractivity contribution in [2.45, 2.75) is 83.7 Å². The molecule has 3 atom stereocenters. The zero-order valence-corrected chi connectivity index (χ0v) is 22.8. The predicted molar refractivity (Wildman–Crippen MR) is 151 cm³/mol. The average molecular weight is 521 g/mol. The Labute approximate surface area is 223 Å². The van der Waals surface area contributed by atoms with E-state index in [1.54, 1.807) is 11.8 Å². The first-order valence-corrected chi connectivity index (χ1v) is 14.8.